The third-order valence-electron chi connectivity index (χ3n) is 5.59. The summed E-state index contributed by atoms with van der Waals surface area (Å²) in [6.45, 7) is 14.9. The molecule has 1 aromatic heterocycles. The molecular formula is C17H30N2O6SSi. The minimum Gasteiger partial charge on any atom is -0.409 e. The number of ether oxygens (including phenoxy) is 1. The number of aromatic nitrogens is 2. The summed E-state index contributed by atoms with van der Waals surface area (Å²) in [6.07, 6.45) is 1.30. The van der Waals surface area contributed by atoms with Gasteiger partial charge in [0.1, 0.15) is 0 Å². The second kappa shape index (κ2) is 8.02. The number of hydrogen-bond donors (Lipinski definition) is 1. The fourth-order valence-electron chi connectivity index (χ4n) is 2.94. The quantitative estimate of drug-likeness (QED) is 0.560. The zero-order chi connectivity index (χ0) is 20.6. The van der Waals surface area contributed by atoms with Crippen molar-refractivity contribution < 1.29 is 21.8 Å². The molecule has 2 heterocycles. The molecule has 27 heavy (non-hydrogen) atoms. The van der Waals surface area contributed by atoms with E-state index in [1.54, 1.807) is 0 Å². The molecule has 0 radical (unpaired) electrons. The number of nitrogens with zero attached hydrogens (tertiary/aromatic N) is 2. The smallest absolute Gasteiger partial charge is 0.353 e. The largest absolute Gasteiger partial charge is 0.409 e. The van der Waals surface area contributed by atoms with Gasteiger partial charge >= 0.3 is 16.7 Å². The number of rotatable bonds is 6. The highest BCUT2D eigenvalue weighted by Gasteiger charge is 2.48. The maximum Gasteiger partial charge on any atom is 0.353 e. The van der Waals surface area contributed by atoms with Gasteiger partial charge in [-0.2, -0.15) is 13.4 Å². The normalized spacial score (nSPS) is 26.5. The maximum absolute atomic E-state index is 12.5. The van der Waals surface area contributed by atoms with Gasteiger partial charge in [-0.1, -0.05) is 34.6 Å². The molecule has 4 atom stereocenters. The molecule has 1 fully saturated rings. The molecule has 0 aromatic carbocycles. The van der Waals surface area contributed by atoms with Crippen LogP contribution in [0.1, 0.15) is 47.3 Å². The van der Waals surface area contributed by atoms with Crippen molar-refractivity contribution in [2.24, 2.45) is 5.92 Å². The van der Waals surface area contributed by atoms with Gasteiger partial charge in [0.25, 0.3) is 0 Å². The van der Waals surface area contributed by atoms with E-state index in [4.69, 9.17) is 9.16 Å². The summed E-state index contributed by atoms with van der Waals surface area (Å²) in [5.41, 5.74) is -0.637. The van der Waals surface area contributed by atoms with Crippen molar-refractivity contribution in [1.82, 2.24) is 9.55 Å². The first-order valence-corrected chi connectivity index (χ1v) is 13.1. The van der Waals surface area contributed by atoms with Crippen LogP contribution in [0.25, 0.3) is 0 Å². The topological polar surface area (TPSA) is 96.7 Å². The molecule has 10 heteroatoms. The summed E-state index contributed by atoms with van der Waals surface area (Å²) in [6, 6.07) is 1.34. The average Bonchev–Trinajstić information content (AvgIpc) is 2.82. The Bertz CT molecular complexity index is 793. The Labute approximate surface area is 163 Å². The Kier molecular flexibility index (Phi) is 6.55. The third kappa shape index (κ3) is 4.79. The van der Waals surface area contributed by atoms with Crippen molar-refractivity contribution in [1.29, 1.82) is 0 Å². The summed E-state index contributed by atoms with van der Waals surface area (Å²) < 4.78 is 40.0. The third-order valence-corrected chi connectivity index (χ3v) is 10.4. The summed E-state index contributed by atoms with van der Waals surface area (Å²) in [4.78, 5) is 16.2. The first-order chi connectivity index (χ1) is 12.4. The molecule has 1 unspecified atom stereocenters. The van der Waals surface area contributed by atoms with Crippen molar-refractivity contribution in [3.05, 3.63) is 22.7 Å². The molecule has 154 valence electrons. The zero-order valence-electron chi connectivity index (χ0n) is 17.0. The molecule has 0 spiro atoms. The van der Waals surface area contributed by atoms with Crippen LogP contribution in [0.2, 0.25) is 18.1 Å². The first kappa shape index (κ1) is 22.1. The lowest BCUT2D eigenvalue weighted by Gasteiger charge is -2.40. The predicted molar refractivity (Wildman–Crippen MR) is 105 cm³/mol. The van der Waals surface area contributed by atoms with Crippen LogP contribution in [-0.4, -0.2) is 38.5 Å². The van der Waals surface area contributed by atoms with Gasteiger partial charge in [-0.3, -0.25) is 4.57 Å². The van der Waals surface area contributed by atoms with E-state index in [2.05, 4.69) is 50.0 Å². The maximum atomic E-state index is 12.5. The first-order valence-electron chi connectivity index (χ1n) is 9.12. The fraction of sp³-hybridized carbons (Fsp3) is 0.765. The highest BCUT2D eigenvalue weighted by molar-refractivity contribution is 7.67. The standard InChI is InChI=1S/C17H30N2O6SSi/c1-8-12-11(2)14(25-27(6,7)17(3,4)5)15(23-12)19-10-9-13(18-16(19)20)24-26(21)22/h9-12,14-15,26H,8H2,1-7H3/t11-,12+,14?,15+/m0/s1. The monoisotopic (exact) mass is 418 g/mol. The molecule has 0 amide bonds. The van der Waals surface area contributed by atoms with Crippen LogP contribution in [0.4, 0.5) is 0 Å². The van der Waals surface area contributed by atoms with E-state index >= 15 is 0 Å². The zero-order valence-corrected chi connectivity index (χ0v) is 18.9. The molecule has 1 aliphatic heterocycles. The Hall–Kier alpha value is -1.23. The van der Waals surface area contributed by atoms with Crippen LogP contribution in [0.15, 0.2) is 17.1 Å². The van der Waals surface area contributed by atoms with Gasteiger partial charge in [0.05, 0.1) is 12.2 Å². The van der Waals surface area contributed by atoms with Crippen LogP contribution in [0.3, 0.4) is 0 Å². The predicted octanol–water partition coefficient (Wildman–Crippen LogP) is 2.48. The second-order valence-corrected chi connectivity index (χ2v) is 13.8. The van der Waals surface area contributed by atoms with Crippen molar-refractivity contribution in [3.8, 4) is 5.88 Å². The molecule has 8 nitrogen and oxygen atoms in total. The average molecular weight is 419 g/mol. The van der Waals surface area contributed by atoms with E-state index in [0.717, 1.165) is 6.42 Å². The molecule has 0 saturated carbocycles. The van der Waals surface area contributed by atoms with Gasteiger partial charge in [0, 0.05) is 18.2 Å². The Balaban J connectivity index is 2.39. The SMILES string of the molecule is CC[C@H]1O[C@@H](n2ccc(O[SH](=O)=O)nc2=O)C(O[Si](C)(C)C(C)(C)C)[C@H]1C. The summed E-state index contributed by atoms with van der Waals surface area (Å²) in [5, 5.41) is 0.0158. The Morgan fingerprint density at radius 1 is 1.33 bits per heavy atom. The van der Waals surface area contributed by atoms with Crippen molar-refractivity contribution in [2.45, 2.75) is 77.6 Å². The van der Waals surface area contributed by atoms with E-state index in [0.29, 0.717) is 0 Å². The van der Waals surface area contributed by atoms with Gasteiger partial charge < -0.3 is 13.3 Å². The van der Waals surface area contributed by atoms with Crippen molar-refractivity contribution in [3.63, 3.8) is 0 Å². The van der Waals surface area contributed by atoms with Gasteiger partial charge in [-0.25, -0.2) is 4.79 Å². The lowest BCUT2D eigenvalue weighted by Crippen LogP contribution is -2.47. The Morgan fingerprint density at radius 3 is 2.44 bits per heavy atom. The summed E-state index contributed by atoms with van der Waals surface area (Å²) >= 11 is 0. The van der Waals surface area contributed by atoms with E-state index < -0.39 is 31.2 Å². The highest BCUT2D eigenvalue weighted by atomic mass is 32.2. The van der Waals surface area contributed by atoms with Gasteiger partial charge in [-0.15, -0.1) is 0 Å². The minimum atomic E-state index is -3.13. The van der Waals surface area contributed by atoms with Crippen molar-refractivity contribution >= 4 is 19.3 Å². The molecule has 0 bridgehead atoms. The molecule has 1 saturated heterocycles. The molecule has 0 N–H and O–H groups in total. The summed E-state index contributed by atoms with van der Waals surface area (Å²) in [7, 11) is -5.23. The molecule has 1 aliphatic rings. The van der Waals surface area contributed by atoms with Crippen LogP contribution in [0, 0.1) is 5.92 Å². The van der Waals surface area contributed by atoms with E-state index in [1.807, 2.05) is 6.92 Å². The minimum absolute atomic E-state index is 0.0158. The van der Waals surface area contributed by atoms with Crippen molar-refractivity contribution in [2.75, 3.05) is 0 Å². The number of hydrogen-bond acceptors (Lipinski definition) is 7. The van der Waals surface area contributed by atoms with Gasteiger partial charge in [0.2, 0.25) is 5.88 Å². The van der Waals surface area contributed by atoms with Crippen LogP contribution in [-0.2, 0) is 20.1 Å². The van der Waals surface area contributed by atoms with Crippen LogP contribution in [0.5, 0.6) is 5.88 Å². The lowest BCUT2D eigenvalue weighted by atomic mass is 9.99. The molecule has 0 aliphatic carbocycles. The number of thiol groups is 1. The summed E-state index contributed by atoms with van der Waals surface area (Å²) in [5.74, 6) is -0.152. The molecular weight excluding hydrogens is 388 g/mol. The second-order valence-electron chi connectivity index (χ2n) is 8.45. The van der Waals surface area contributed by atoms with Crippen LogP contribution < -0.4 is 9.87 Å². The molecule has 1 aromatic rings. The van der Waals surface area contributed by atoms with Gasteiger partial charge in [-0.05, 0) is 24.6 Å². The highest BCUT2D eigenvalue weighted by Crippen LogP contribution is 2.43. The fourth-order valence-corrected chi connectivity index (χ4v) is 4.56. The molecule has 2 rings (SSSR count). The van der Waals surface area contributed by atoms with E-state index in [1.165, 1.54) is 16.8 Å². The van der Waals surface area contributed by atoms with Gasteiger partial charge in [0.15, 0.2) is 14.5 Å². The lowest BCUT2D eigenvalue weighted by molar-refractivity contribution is -0.0371. The van der Waals surface area contributed by atoms with E-state index in [-0.39, 0.29) is 29.0 Å². The Morgan fingerprint density at radius 2 is 1.96 bits per heavy atom. The van der Waals surface area contributed by atoms with E-state index in [9.17, 15) is 13.2 Å². The van der Waals surface area contributed by atoms with Crippen LogP contribution >= 0.6 is 0 Å².